The summed E-state index contributed by atoms with van der Waals surface area (Å²) in [5.74, 6) is 0.905. The van der Waals surface area contributed by atoms with Crippen LogP contribution in [0.1, 0.15) is 29.7 Å². The number of hydrogen-bond acceptors (Lipinski definition) is 2. The molecule has 0 radical (unpaired) electrons. The van der Waals surface area contributed by atoms with Gasteiger partial charge >= 0.3 is 0 Å². The summed E-state index contributed by atoms with van der Waals surface area (Å²) in [4.78, 5) is 0. The van der Waals surface area contributed by atoms with E-state index in [2.05, 4.69) is 55.6 Å². The largest absolute Gasteiger partial charge is 0.497 e. The summed E-state index contributed by atoms with van der Waals surface area (Å²) in [5.41, 5.74) is 3.86. The van der Waals surface area contributed by atoms with Crippen molar-refractivity contribution in [3.63, 3.8) is 0 Å². The fraction of sp³-hybridized carbons (Fsp3) is 0.294. The Morgan fingerprint density at radius 1 is 1.11 bits per heavy atom. The number of nitrogens with one attached hydrogen (secondary N) is 1. The highest BCUT2D eigenvalue weighted by Gasteiger charge is 2.05. The van der Waals surface area contributed by atoms with Crippen LogP contribution in [0.15, 0.2) is 48.5 Å². The molecule has 2 nitrogen and oxygen atoms in total. The van der Waals surface area contributed by atoms with E-state index < -0.39 is 0 Å². The highest BCUT2D eigenvalue weighted by molar-refractivity contribution is 5.29. The lowest BCUT2D eigenvalue weighted by Crippen LogP contribution is -2.18. The molecule has 2 aromatic rings. The number of benzene rings is 2. The zero-order valence-corrected chi connectivity index (χ0v) is 11.8. The van der Waals surface area contributed by atoms with Crippen molar-refractivity contribution in [3.05, 3.63) is 65.2 Å². The smallest absolute Gasteiger partial charge is 0.119 e. The second kappa shape index (κ2) is 6.39. The van der Waals surface area contributed by atoms with Gasteiger partial charge in [0.05, 0.1) is 7.11 Å². The molecule has 0 spiro atoms. The molecule has 100 valence electrons. The van der Waals surface area contributed by atoms with Gasteiger partial charge in [-0.25, -0.2) is 0 Å². The molecule has 2 heteroatoms. The van der Waals surface area contributed by atoms with Crippen LogP contribution in [-0.4, -0.2) is 7.11 Å². The fourth-order valence-corrected chi connectivity index (χ4v) is 2.11. The molecule has 0 saturated heterocycles. The number of ether oxygens (including phenoxy) is 1. The second-order valence-corrected chi connectivity index (χ2v) is 4.87. The third-order valence-electron chi connectivity index (χ3n) is 3.29. The zero-order valence-electron chi connectivity index (χ0n) is 11.8. The minimum atomic E-state index is 0.339. The molecule has 0 aromatic heterocycles. The van der Waals surface area contributed by atoms with Gasteiger partial charge in [0.1, 0.15) is 5.75 Å². The molecule has 1 atom stereocenters. The lowest BCUT2D eigenvalue weighted by Gasteiger charge is -2.15. The molecule has 0 amide bonds. The van der Waals surface area contributed by atoms with E-state index in [0.29, 0.717) is 6.04 Å². The van der Waals surface area contributed by atoms with E-state index in [4.69, 9.17) is 4.74 Å². The first kappa shape index (κ1) is 13.6. The van der Waals surface area contributed by atoms with Gasteiger partial charge in [-0.2, -0.15) is 0 Å². The Morgan fingerprint density at radius 2 is 1.89 bits per heavy atom. The van der Waals surface area contributed by atoms with E-state index in [9.17, 15) is 0 Å². The van der Waals surface area contributed by atoms with Crippen molar-refractivity contribution in [3.8, 4) is 5.75 Å². The van der Waals surface area contributed by atoms with Gasteiger partial charge in [-0.3, -0.25) is 0 Å². The molecular weight excluding hydrogens is 234 g/mol. The standard InChI is InChI=1S/C17H21NO/c1-13-6-4-8-16(10-13)14(2)18-12-15-7-5-9-17(11-15)19-3/h4-11,14,18H,12H2,1-3H3/t14-/m1/s1. The van der Waals surface area contributed by atoms with E-state index in [1.165, 1.54) is 16.7 Å². The summed E-state index contributed by atoms with van der Waals surface area (Å²) >= 11 is 0. The SMILES string of the molecule is COc1cccc(CN[C@H](C)c2cccc(C)c2)c1. The molecule has 0 aliphatic carbocycles. The summed E-state index contributed by atoms with van der Waals surface area (Å²) < 4.78 is 5.23. The van der Waals surface area contributed by atoms with Gasteiger partial charge in [-0.05, 0) is 37.1 Å². The van der Waals surface area contributed by atoms with E-state index in [1.807, 2.05) is 12.1 Å². The molecule has 0 fully saturated rings. The van der Waals surface area contributed by atoms with Crippen molar-refractivity contribution >= 4 is 0 Å². The van der Waals surface area contributed by atoms with E-state index >= 15 is 0 Å². The Balaban J connectivity index is 1.98. The third-order valence-corrected chi connectivity index (χ3v) is 3.29. The van der Waals surface area contributed by atoms with Gasteiger partial charge in [0.2, 0.25) is 0 Å². The lowest BCUT2D eigenvalue weighted by molar-refractivity contribution is 0.414. The van der Waals surface area contributed by atoms with Crippen LogP contribution in [0.3, 0.4) is 0 Å². The molecule has 1 N–H and O–H groups in total. The van der Waals surface area contributed by atoms with Gasteiger partial charge in [0.15, 0.2) is 0 Å². The maximum Gasteiger partial charge on any atom is 0.119 e. The van der Waals surface area contributed by atoms with Crippen LogP contribution in [0.25, 0.3) is 0 Å². The van der Waals surface area contributed by atoms with Crippen LogP contribution in [0.5, 0.6) is 5.75 Å². The van der Waals surface area contributed by atoms with Crippen molar-refractivity contribution in [2.75, 3.05) is 7.11 Å². The van der Waals surface area contributed by atoms with Gasteiger partial charge in [-0.15, -0.1) is 0 Å². The third kappa shape index (κ3) is 3.83. The first-order chi connectivity index (χ1) is 9.19. The Bertz CT molecular complexity index is 536. The molecular formula is C17H21NO. The minimum Gasteiger partial charge on any atom is -0.497 e. The van der Waals surface area contributed by atoms with E-state index in [0.717, 1.165) is 12.3 Å². The van der Waals surface area contributed by atoms with Gasteiger partial charge in [0.25, 0.3) is 0 Å². The number of hydrogen-bond donors (Lipinski definition) is 1. The van der Waals surface area contributed by atoms with Crippen LogP contribution >= 0.6 is 0 Å². The molecule has 0 aliphatic rings. The summed E-state index contributed by atoms with van der Waals surface area (Å²) in [7, 11) is 1.70. The molecule has 0 heterocycles. The first-order valence-corrected chi connectivity index (χ1v) is 6.62. The molecule has 0 unspecified atom stereocenters. The van der Waals surface area contributed by atoms with Crippen LogP contribution in [0.4, 0.5) is 0 Å². The molecule has 0 bridgehead atoms. The Morgan fingerprint density at radius 3 is 2.63 bits per heavy atom. The molecule has 2 aromatic carbocycles. The van der Waals surface area contributed by atoms with Gasteiger partial charge in [0, 0.05) is 12.6 Å². The maximum atomic E-state index is 5.23. The fourth-order valence-electron chi connectivity index (χ4n) is 2.11. The van der Waals surface area contributed by atoms with Crippen molar-refractivity contribution in [2.24, 2.45) is 0 Å². The monoisotopic (exact) mass is 255 g/mol. The predicted molar refractivity (Wildman–Crippen MR) is 79.4 cm³/mol. The molecule has 19 heavy (non-hydrogen) atoms. The summed E-state index contributed by atoms with van der Waals surface area (Å²) in [6.07, 6.45) is 0. The number of rotatable bonds is 5. The van der Waals surface area contributed by atoms with Crippen LogP contribution in [0.2, 0.25) is 0 Å². The molecule has 0 aliphatic heterocycles. The number of aryl methyl sites for hydroxylation is 1. The van der Waals surface area contributed by atoms with E-state index in [-0.39, 0.29) is 0 Å². The number of methoxy groups -OCH3 is 1. The topological polar surface area (TPSA) is 21.3 Å². The maximum absolute atomic E-state index is 5.23. The quantitative estimate of drug-likeness (QED) is 0.876. The van der Waals surface area contributed by atoms with Crippen molar-refractivity contribution < 1.29 is 4.74 Å². The van der Waals surface area contributed by atoms with Gasteiger partial charge < -0.3 is 10.1 Å². The average molecular weight is 255 g/mol. The average Bonchev–Trinajstić information content (AvgIpc) is 2.45. The highest BCUT2D eigenvalue weighted by Crippen LogP contribution is 2.16. The van der Waals surface area contributed by atoms with E-state index in [1.54, 1.807) is 7.11 Å². The van der Waals surface area contributed by atoms with Crippen molar-refractivity contribution in [2.45, 2.75) is 26.4 Å². The summed E-state index contributed by atoms with van der Waals surface area (Å²) in [5, 5.41) is 3.54. The van der Waals surface area contributed by atoms with Crippen LogP contribution in [0, 0.1) is 6.92 Å². The normalized spacial score (nSPS) is 12.2. The second-order valence-electron chi connectivity index (χ2n) is 4.87. The van der Waals surface area contributed by atoms with Crippen molar-refractivity contribution in [1.82, 2.24) is 5.32 Å². The van der Waals surface area contributed by atoms with Crippen LogP contribution in [-0.2, 0) is 6.54 Å². The molecule has 0 saturated carbocycles. The van der Waals surface area contributed by atoms with Crippen molar-refractivity contribution in [1.29, 1.82) is 0 Å². The Kier molecular flexibility index (Phi) is 4.58. The summed E-state index contributed by atoms with van der Waals surface area (Å²) in [6.45, 7) is 5.15. The molecule has 2 rings (SSSR count). The first-order valence-electron chi connectivity index (χ1n) is 6.62. The Labute approximate surface area is 115 Å². The zero-order chi connectivity index (χ0) is 13.7. The summed E-state index contributed by atoms with van der Waals surface area (Å²) in [6, 6.07) is 17.1. The Hall–Kier alpha value is -1.80. The highest BCUT2D eigenvalue weighted by atomic mass is 16.5. The predicted octanol–water partition coefficient (Wildman–Crippen LogP) is 3.85. The van der Waals surface area contributed by atoms with Gasteiger partial charge in [-0.1, -0.05) is 42.0 Å². The minimum absolute atomic E-state index is 0.339. The lowest BCUT2D eigenvalue weighted by atomic mass is 10.1. The van der Waals surface area contributed by atoms with Crippen LogP contribution < -0.4 is 10.1 Å².